The molecule has 2 N–H and O–H groups in total. The van der Waals surface area contributed by atoms with Gasteiger partial charge in [0.2, 0.25) is 0 Å². The molecule has 0 saturated heterocycles. The number of likely N-dealkylation sites (N-methyl/N-ethyl adjacent to an activating group) is 1. The van der Waals surface area contributed by atoms with Gasteiger partial charge in [-0.15, -0.1) is 0 Å². The Morgan fingerprint density at radius 2 is 1.65 bits per heavy atom. The molecule has 0 atom stereocenters. The minimum atomic E-state index is 0.135. The van der Waals surface area contributed by atoms with Gasteiger partial charge in [-0.3, -0.25) is 4.90 Å². The third-order valence-corrected chi connectivity index (χ3v) is 4.52. The van der Waals surface area contributed by atoms with Gasteiger partial charge in [0.25, 0.3) is 0 Å². The number of nitrogens with zero attached hydrogens (tertiary/aromatic N) is 2. The molecule has 1 aromatic rings. The van der Waals surface area contributed by atoms with E-state index in [1.807, 2.05) is 0 Å². The van der Waals surface area contributed by atoms with E-state index in [1.54, 1.807) is 0 Å². The predicted molar refractivity (Wildman–Crippen MR) is 86.1 cm³/mol. The lowest BCUT2D eigenvalue weighted by molar-refractivity contribution is 0.0933. The van der Waals surface area contributed by atoms with Crippen LogP contribution in [0.3, 0.4) is 0 Å². The van der Waals surface area contributed by atoms with Crippen LogP contribution in [0.15, 0.2) is 24.3 Å². The first-order valence-electron chi connectivity index (χ1n) is 7.78. The van der Waals surface area contributed by atoms with Crippen LogP contribution < -0.4 is 5.73 Å². The van der Waals surface area contributed by atoms with Crippen LogP contribution >= 0.6 is 0 Å². The summed E-state index contributed by atoms with van der Waals surface area (Å²) >= 11 is 0. The third-order valence-electron chi connectivity index (χ3n) is 4.52. The lowest BCUT2D eigenvalue weighted by Crippen LogP contribution is -2.56. The van der Waals surface area contributed by atoms with Crippen molar-refractivity contribution in [1.29, 1.82) is 0 Å². The summed E-state index contributed by atoms with van der Waals surface area (Å²) in [6.07, 6.45) is 3.39. The average Bonchev–Trinajstić information content (AvgIpc) is 2.83. The van der Waals surface area contributed by atoms with Crippen LogP contribution in [0.4, 0.5) is 0 Å². The van der Waals surface area contributed by atoms with Gasteiger partial charge in [0.05, 0.1) is 0 Å². The van der Waals surface area contributed by atoms with E-state index in [-0.39, 0.29) is 5.54 Å². The predicted octanol–water partition coefficient (Wildman–Crippen LogP) is 1.76. The molecule has 0 radical (unpaired) electrons. The SMILES string of the molecule is CCCN(CCN(C)C)C1(CN)Cc2ccccc2C1. The smallest absolute Gasteiger partial charge is 0.0412 e. The Bertz CT molecular complexity index is 403. The molecule has 112 valence electrons. The van der Waals surface area contributed by atoms with E-state index >= 15 is 0 Å². The zero-order valence-electron chi connectivity index (χ0n) is 13.2. The molecule has 0 spiro atoms. The van der Waals surface area contributed by atoms with E-state index in [2.05, 4.69) is 55.1 Å². The maximum atomic E-state index is 6.23. The summed E-state index contributed by atoms with van der Waals surface area (Å²) < 4.78 is 0. The van der Waals surface area contributed by atoms with Gasteiger partial charge in [-0.2, -0.15) is 0 Å². The van der Waals surface area contributed by atoms with Gasteiger partial charge in [-0.1, -0.05) is 31.2 Å². The van der Waals surface area contributed by atoms with Crippen molar-refractivity contribution in [2.75, 3.05) is 40.3 Å². The number of fused-ring (bicyclic) bond motifs is 1. The number of hydrogen-bond donors (Lipinski definition) is 1. The minimum Gasteiger partial charge on any atom is -0.329 e. The number of nitrogens with two attached hydrogens (primary N) is 1. The maximum Gasteiger partial charge on any atom is 0.0412 e. The fraction of sp³-hybridized carbons (Fsp3) is 0.647. The molecule has 1 aliphatic rings. The summed E-state index contributed by atoms with van der Waals surface area (Å²) in [4.78, 5) is 4.89. The maximum absolute atomic E-state index is 6.23. The third kappa shape index (κ3) is 3.22. The highest BCUT2D eigenvalue weighted by Gasteiger charge is 2.40. The molecule has 1 aromatic carbocycles. The Labute approximate surface area is 123 Å². The Hall–Kier alpha value is -0.900. The molecule has 0 aliphatic heterocycles. The first-order valence-corrected chi connectivity index (χ1v) is 7.78. The lowest BCUT2D eigenvalue weighted by Gasteiger charge is -2.41. The Balaban J connectivity index is 2.16. The van der Waals surface area contributed by atoms with Crippen LogP contribution in [-0.2, 0) is 12.8 Å². The van der Waals surface area contributed by atoms with Gasteiger partial charge in [0, 0.05) is 25.2 Å². The summed E-state index contributed by atoms with van der Waals surface area (Å²) in [5.74, 6) is 0. The second-order valence-corrected chi connectivity index (χ2v) is 6.34. The molecular formula is C17H29N3. The molecule has 0 saturated carbocycles. The monoisotopic (exact) mass is 275 g/mol. The second-order valence-electron chi connectivity index (χ2n) is 6.34. The molecule has 0 bridgehead atoms. The Morgan fingerprint density at radius 3 is 2.10 bits per heavy atom. The molecule has 20 heavy (non-hydrogen) atoms. The van der Waals surface area contributed by atoms with Crippen LogP contribution in [0.25, 0.3) is 0 Å². The molecule has 0 fully saturated rings. The second kappa shape index (κ2) is 6.70. The molecule has 0 heterocycles. The summed E-state index contributed by atoms with van der Waals surface area (Å²) in [5.41, 5.74) is 9.34. The van der Waals surface area contributed by atoms with Crippen molar-refractivity contribution in [2.24, 2.45) is 5.73 Å². The number of rotatable bonds is 7. The van der Waals surface area contributed by atoms with Crippen molar-refractivity contribution in [3.05, 3.63) is 35.4 Å². The Kier molecular flexibility index (Phi) is 5.19. The number of benzene rings is 1. The molecule has 3 heteroatoms. The van der Waals surface area contributed by atoms with Crippen molar-refractivity contribution in [3.8, 4) is 0 Å². The number of hydrogen-bond acceptors (Lipinski definition) is 3. The fourth-order valence-electron chi connectivity index (χ4n) is 3.35. The van der Waals surface area contributed by atoms with Gasteiger partial charge in [-0.25, -0.2) is 0 Å². The van der Waals surface area contributed by atoms with Crippen LogP contribution in [0.2, 0.25) is 0 Å². The van der Waals surface area contributed by atoms with Crippen molar-refractivity contribution in [3.63, 3.8) is 0 Å². The van der Waals surface area contributed by atoms with Crippen LogP contribution in [0, 0.1) is 0 Å². The van der Waals surface area contributed by atoms with Gasteiger partial charge in [0.1, 0.15) is 0 Å². The standard InChI is InChI=1S/C17H29N3/c1-4-9-20(11-10-19(2)3)17(14-18)12-15-7-5-6-8-16(15)13-17/h5-8H,4,9-14,18H2,1-3H3. The normalized spacial score (nSPS) is 16.9. The van der Waals surface area contributed by atoms with E-state index in [1.165, 1.54) is 17.5 Å². The van der Waals surface area contributed by atoms with Gasteiger partial charge < -0.3 is 10.6 Å². The molecule has 2 rings (SSSR count). The van der Waals surface area contributed by atoms with Crippen LogP contribution in [0.5, 0.6) is 0 Å². The van der Waals surface area contributed by atoms with E-state index in [4.69, 9.17) is 5.73 Å². The van der Waals surface area contributed by atoms with Crippen molar-refractivity contribution in [1.82, 2.24) is 9.80 Å². The quantitative estimate of drug-likeness (QED) is 0.823. The topological polar surface area (TPSA) is 32.5 Å². The largest absolute Gasteiger partial charge is 0.329 e. The van der Waals surface area contributed by atoms with E-state index < -0.39 is 0 Å². The highest BCUT2D eigenvalue weighted by atomic mass is 15.2. The molecule has 0 amide bonds. The molecule has 0 aromatic heterocycles. The fourth-order valence-corrected chi connectivity index (χ4v) is 3.35. The summed E-state index contributed by atoms with van der Waals surface area (Å²) in [6, 6.07) is 8.83. The van der Waals surface area contributed by atoms with Crippen LogP contribution in [0.1, 0.15) is 24.5 Å². The summed E-state index contributed by atoms with van der Waals surface area (Å²) in [7, 11) is 4.28. The van der Waals surface area contributed by atoms with Crippen molar-refractivity contribution < 1.29 is 0 Å². The average molecular weight is 275 g/mol. The van der Waals surface area contributed by atoms with Crippen molar-refractivity contribution in [2.45, 2.75) is 31.7 Å². The Morgan fingerprint density at radius 1 is 1.05 bits per heavy atom. The lowest BCUT2D eigenvalue weighted by atomic mass is 9.92. The van der Waals surface area contributed by atoms with Crippen LogP contribution in [-0.4, -0.2) is 55.6 Å². The van der Waals surface area contributed by atoms with Gasteiger partial charge >= 0.3 is 0 Å². The van der Waals surface area contributed by atoms with Gasteiger partial charge in [-0.05, 0) is 51.0 Å². The van der Waals surface area contributed by atoms with Crippen molar-refractivity contribution >= 4 is 0 Å². The van der Waals surface area contributed by atoms with E-state index in [0.717, 1.165) is 39.0 Å². The summed E-state index contributed by atoms with van der Waals surface area (Å²) in [5, 5.41) is 0. The molecular weight excluding hydrogens is 246 g/mol. The molecule has 0 unspecified atom stereocenters. The summed E-state index contributed by atoms with van der Waals surface area (Å²) in [6.45, 7) is 6.34. The first-order chi connectivity index (χ1) is 9.61. The molecule has 1 aliphatic carbocycles. The highest BCUT2D eigenvalue weighted by molar-refractivity contribution is 5.36. The zero-order valence-corrected chi connectivity index (χ0v) is 13.2. The molecule has 3 nitrogen and oxygen atoms in total. The highest BCUT2D eigenvalue weighted by Crippen LogP contribution is 2.34. The first kappa shape index (κ1) is 15.5. The van der Waals surface area contributed by atoms with E-state index in [0.29, 0.717) is 0 Å². The van der Waals surface area contributed by atoms with E-state index in [9.17, 15) is 0 Å². The zero-order chi connectivity index (χ0) is 14.6. The minimum absolute atomic E-state index is 0.135. The van der Waals surface area contributed by atoms with Gasteiger partial charge in [0.15, 0.2) is 0 Å².